The Bertz CT molecular complexity index is 241. The lowest BCUT2D eigenvalue weighted by Crippen LogP contribution is -2.53. The van der Waals surface area contributed by atoms with E-state index in [1.54, 1.807) is 6.92 Å². The Morgan fingerprint density at radius 3 is 2.57 bits per heavy atom. The molecule has 3 atom stereocenters. The molecule has 1 fully saturated rings. The summed E-state index contributed by atoms with van der Waals surface area (Å²) in [6.07, 6.45) is -0.111. The van der Waals surface area contributed by atoms with Crippen LogP contribution < -0.4 is 0 Å². The summed E-state index contributed by atoms with van der Waals surface area (Å²) >= 11 is 0. The van der Waals surface area contributed by atoms with Gasteiger partial charge in [0.2, 0.25) is 5.60 Å². The molecule has 0 radical (unpaired) electrons. The van der Waals surface area contributed by atoms with Crippen LogP contribution in [0.1, 0.15) is 26.7 Å². The number of rotatable bonds is 3. The monoisotopic (exact) mass is 204 g/mol. The van der Waals surface area contributed by atoms with Gasteiger partial charge in [-0.2, -0.15) is 0 Å². The second-order valence-electron chi connectivity index (χ2n) is 3.98. The Morgan fingerprint density at radius 1 is 1.64 bits per heavy atom. The highest BCUT2D eigenvalue weighted by Crippen LogP contribution is 2.36. The zero-order valence-electron chi connectivity index (χ0n) is 8.36. The number of hydrogen-bond acceptors (Lipinski definition) is 4. The van der Waals surface area contributed by atoms with Gasteiger partial charge in [-0.15, -0.1) is 0 Å². The Hall–Kier alpha value is -0.650. The van der Waals surface area contributed by atoms with E-state index in [2.05, 4.69) is 0 Å². The zero-order chi connectivity index (χ0) is 11.0. The summed E-state index contributed by atoms with van der Waals surface area (Å²) in [5, 5.41) is 28.1. The van der Waals surface area contributed by atoms with E-state index in [0.717, 1.165) is 6.42 Å². The minimum Gasteiger partial charge on any atom is -0.479 e. The fourth-order valence-electron chi connectivity index (χ4n) is 1.82. The van der Waals surface area contributed by atoms with Crippen LogP contribution in [0.15, 0.2) is 0 Å². The van der Waals surface area contributed by atoms with Crippen molar-refractivity contribution in [1.29, 1.82) is 0 Å². The van der Waals surface area contributed by atoms with Gasteiger partial charge in [0.25, 0.3) is 0 Å². The summed E-state index contributed by atoms with van der Waals surface area (Å²) in [6, 6.07) is 0. The van der Waals surface area contributed by atoms with Gasteiger partial charge < -0.3 is 20.1 Å². The average molecular weight is 204 g/mol. The number of aliphatic carboxylic acids is 1. The van der Waals surface area contributed by atoms with Gasteiger partial charge in [-0.1, -0.05) is 13.3 Å². The lowest BCUT2D eigenvalue weighted by atomic mass is 9.86. The summed E-state index contributed by atoms with van der Waals surface area (Å²) in [5.41, 5.74) is -3.12. The van der Waals surface area contributed by atoms with Gasteiger partial charge >= 0.3 is 5.97 Å². The van der Waals surface area contributed by atoms with Gasteiger partial charge in [0.1, 0.15) is 6.10 Å². The molecule has 0 bridgehead atoms. The average Bonchev–Trinajstić information content (AvgIpc) is 2.33. The van der Waals surface area contributed by atoms with Crippen molar-refractivity contribution in [2.45, 2.75) is 44.0 Å². The van der Waals surface area contributed by atoms with E-state index in [1.807, 2.05) is 6.92 Å². The number of carbonyl (C=O) groups is 1. The molecule has 3 N–H and O–H groups in total. The van der Waals surface area contributed by atoms with Gasteiger partial charge in [-0.25, -0.2) is 4.79 Å². The van der Waals surface area contributed by atoms with E-state index < -0.39 is 23.3 Å². The molecule has 1 heterocycles. The first kappa shape index (κ1) is 11.4. The molecule has 1 rings (SSSR count). The predicted molar refractivity (Wildman–Crippen MR) is 47.9 cm³/mol. The van der Waals surface area contributed by atoms with Crippen molar-refractivity contribution >= 4 is 5.97 Å². The molecule has 0 aliphatic carbocycles. The van der Waals surface area contributed by atoms with E-state index in [9.17, 15) is 15.0 Å². The lowest BCUT2D eigenvalue weighted by molar-refractivity contribution is -0.168. The third-order valence-electron chi connectivity index (χ3n) is 2.77. The SMILES string of the molecule is CCCC1(C)OC[C@](O)(C(=O)O)[C@H]1O. The number of hydrogen-bond donors (Lipinski definition) is 3. The fraction of sp³-hybridized carbons (Fsp3) is 0.889. The second-order valence-corrected chi connectivity index (χ2v) is 3.98. The molecular formula is C9H16O5. The summed E-state index contributed by atoms with van der Waals surface area (Å²) in [7, 11) is 0. The van der Waals surface area contributed by atoms with E-state index in [-0.39, 0.29) is 6.61 Å². The maximum Gasteiger partial charge on any atom is 0.341 e. The number of aliphatic hydroxyl groups is 2. The molecule has 14 heavy (non-hydrogen) atoms. The van der Waals surface area contributed by atoms with Crippen LogP contribution in [0.5, 0.6) is 0 Å². The Morgan fingerprint density at radius 2 is 2.21 bits per heavy atom. The summed E-state index contributed by atoms with van der Waals surface area (Å²) in [6.45, 7) is 3.15. The third kappa shape index (κ3) is 1.51. The smallest absolute Gasteiger partial charge is 0.341 e. The van der Waals surface area contributed by atoms with Gasteiger partial charge in [0.05, 0.1) is 12.2 Å². The molecule has 5 heteroatoms. The van der Waals surface area contributed by atoms with E-state index in [0.29, 0.717) is 6.42 Å². The van der Waals surface area contributed by atoms with E-state index >= 15 is 0 Å². The van der Waals surface area contributed by atoms with Crippen molar-refractivity contribution in [3.05, 3.63) is 0 Å². The predicted octanol–water partition coefficient (Wildman–Crippen LogP) is -0.248. The largest absolute Gasteiger partial charge is 0.479 e. The van der Waals surface area contributed by atoms with Crippen molar-refractivity contribution in [2.75, 3.05) is 6.61 Å². The summed E-state index contributed by atoms with van der Waals surface area (Å²) in [5.74, 6) is -1.44. The molecule has 1 unspecified atom stereocenters. The Labute approximate surface area is 82.3 Å². The van der Waals surface area contributed by atoms with E-state index in [1.165, 1.54) is 0 Å². The van der Waals surface area contributed by atoms with Crippen LogP contribution in [0.2, 0.25) is 0 Å². The van der Waals surface area contributed by atoms with Crippen molar-refractivity contribution < 1.29 is 24.9 Å². The van der Waals surface area contributed by atoms with Gasteiger partial charge in [0, 0.05) is 0 Å². The number of ether oxygens (including phenoxy) is 1. The molecular weight excluding hydrogens is 188 g/mol. The first-order chi connectivity index (χ1) is 6.37. The van der Waals surface area contributed by atoms with Crippen LogP contribution in [-0.4, -0.2) is 45.2 Å². The van der Waals surface area contributed by atoms with Crippen LogP contribution in [-0.2, 0) is 9.53 Å². The number of carboxylic acid groups (broad SMARTS) is 1. The standard InChI is InChI=1S/C9H16O5/c1-3-4-8(2)6(10)9(13,5-14-8)7(11)12/h6,10,13H,3-5H2,1-2H3,(H,11,12)/t6-,8?,9+/m0/s1. The van der Waals surface area contributed by atoms with Crippen molar-refractivity contribution in [2.24, 2.45) is 0 Å². The molecule has 0 aromatic carbocycles. The molecule has 0 amide bonds. The fourth-order valence-corrected chi connectivity index (χ4v) is 1.82. The molecule has 0 saturated carbocycles. The van der Waals surface area contributed by atoms with E-state index in [4.69, 9.17) is 9.84 Å². The quantitative estimate of drug-likeness (QED) is 0.590. The number of carboxylic acids is 1. The second kappa shape index (κ2) is 3.49. The summed E-state index contributed by atoms with van der Waals surface area (Å²) in [4.78, 5) is 10.7. The van der Waals surface area contributed by atoms with Crippen molar-refractivity contribution in [3.8, 4) is 0 Å². The van der Waals surface area contributed by atoms with Crippen LogP contribution in [0, 0.1) is 0 Å². The highest BCUT2D eigenvalue weighted by molar-refractivity contribution is 5.79. The van der Waals surface area contributed by atoms with Gasteiger partial charge in [0.15, 0.2) is 0 Å². The molecule has 0 aromatic heterocycles. The molecule has 5 nitrogen and oxygen atoms in total. The Kier molecular flexibility index (Phi) is 2.85. The van der Waals surface area contributed by atoms with Crippen molar-refractivity contribution in [3.63, 3.8) is 0 Å². The first-order valence-electron chi connectivity index (χ1n) is 4.64. The molecule has 0 aromatic rings. The molecule has 0 spiro atoms. The Balaban J connectivity index is 2.87. The van der Waals surface area contributed by atoms with Crippen LogP contribution >= 0.6 is 0 Å². The van der Waals surface area contributed by atoms with Crippen LogP contribution in [0.3, 0.4) is 0 Å². The van der Waals surface area contributed by atoms with Crippen LogP contribution in [0.4, 0.5) is 0 Å². The molecule has 1 aliphatic heterocycles. The first-order valence-corrected chi connectivity index (χ1v) is 4.64. The zero-order valence-corrected chi connectivity index (χ0v) is 8.36. The minimum absolute atomic E-state index is 0.361. The van der Waals surface area contributed by atoms with Gasteiger partial charge in [-0.05, 0) is 13.3 Å². The maximum absolute atomic E-state index is 10.7. The highest BCUT2D eigenvalue weighted by atomic mass is 16.6. The lowest BCUT2D eigenvalue weighted by Gasteiger charge is -2.29. The highest BCUT2D eigenvalue weighted by Gasteiger charge is 2.59. The normalized spacial score (nSPS) is 42.7. The molecule has 1 saturated heterocycles. The molecule has 1 aliphatic rings. The van der Waals surface area contributed by atoms with Crippen LogP contribution in [0.25, 0.3) is 0 Å². The minimum atomic E-state index is -2.16. The summed E-state index contributed by atoms with van der Waals surface area (Å²) < 4.78 is 5.19. The molecule has 82 valence electrons. The maximum atomic E-state index is 10.7. The number of aliphatic hydroxyl groups excluding tert-OH is 1. The van der Waals surface area contributed by atoms with Gasteiger partial charge in [-0.3, -0.25) is 0 Å². The third-order valence-corrected chi connectivity index (χ3v) is 2.77. The van der Waals surface area contributed by atoms with Crippen molar-refractivity contribution in [1.82, 2.24) is 0 Å². The topological polar surface area (TPSA) is 87.0 Å².